The van der Waals surface area contributed by atoms with Crippen LogP contribution in [-0.2, 0) is 0 Å². The lowest BCUT2D eigenvalue weighted by molar-refractivity contribution is 0.479. The number of anilines is 1. The van der Waals surface area contributed by atoms with Gasteiger partial charge in [0.25, 0.3) is 0 Å². The van der Waals surface area contributed by atoms with E-state index in [9.17, 15) is 0 Å². The first kappa shape index (κ1) is 18.5. The highest BCUT2D eigenvalue weighted by Gasteiger charge is 2.23. The van der Waals surface area contributed by atoms with E-state index in [-0.39, 0.29) is 0 Å². The molecular weight excluding hydrogens is 384 g/mol. The molecule has 3 aromatic heterocycles. The predicted octanol–water partition coefficient (Wildman–Crippen LogP) is 4.82. The van der Waals surface area contributed by atoms with Gasteiger partial charge in [-0.15, -0.1) is 0 Å². The highest BCUT2D eigenvalue weighted by atomic mass is 35.5. The van der Waals surface area contributed by atoms with Gasteiger partial charge in [0.05, 0.1) is 0 Å². The molecule has 0 bridgehead atoms. The number of para-hydroxylation sites is 1. The fraction of sp³-hybridized carbons (Fsp3) is 0.364. The number of hydrogen-bond donors (Lipinski definition) is 3. The number of piperidine rings is 1. The Kier molecular flexibility index (Phi) is 4.68. The van der Waals surface area contributed by atoms with Gasteiger partial charge in [-0.1, -0.05) is 43.6 Å². The molecule has 1 aromatic carbocycles. The van der Waals surface area contributed by atoms with Crippen LogP contribution in [-0.4, -0.2) is 38.5 Å². The van der Waals surface area contributed by atoms with Crippen molar-refractivity contribution in [2.75, 3.05) is 18.4 Å². The van der Waals surface area contributed by atoms with E-state index in [2.05, 4.69) is 51.0 Å². The zero-order valence-corrected chi connectivity index (χ0v) is 17.4. The molecule has 1 aliphatic rings. The van der Waals surface area contributed by atoms with Gasteiger partial charge in [-0.25, -0.2) is 9.97 Å². The monoisotopic (exact) mass is 408 g/mol. The van der Waals surface area contributed by atoms with Crippen LogP contribution in [0.2, 0.25) is 5.15 Å². The number of halogens is 1. The molecule has 3 N–H and O–H groups in total. The van der Waals surface area contributed by atoms with Crippen LogP contribution in [0.1, 0.15) is 38.3 Å². The number of benzene rings is 1. The Morgan fingerprint density at radius 3 is 2.93 bits per heavy atom. The molecule has 1 fully saturated rings. The SMILES string of the molecule is CC(C)c1cnc2c(N[C@H]3CCCNC3)nc(-c3c[nH]c4ccccc34)c(Cl)n12. The van der Waals surface area contributed by atoms with Crippen LogP contribution < -0.4 is 10.6 Å². The molecule has 0 amide bonds. The number of hydrogen-bond acceptors (Lipinski definition) is 4. The number of nitrogens with zero attached hydrogens (tertiary/aromatic N) is 3. The van der Waals surface area contributed by atoms with Gasteiger partial charge in [-0.2, -0.15) is 0 Å². The van der Waals surface area contributed by atoms with Crippen LogP contribution in [0.25, 0.3) is 27.8 Å². The fourth-order valence-electron chi connectivity index (χ4n) is 4.16. The summed E-state index contributed by atoms with van der Waals surface area (Å²) in [5, 5.41) is 8.79. The van der Waals surface area contributed by atoms with Gasteiger partial charge >= 0.3 is 0 Å². The summed E-state index contributed by atoms with van der Waals surface area (Å²) in [5.74, 6) is 1.08. The number of H-pyrrole nitrogens is 1. The summed E-state index contributed by atoms with van der Waals surface area (Å²) >= 11 is 6.95. The van der Waals surface area contributed by atoms with Crippen LogP contribution in [0.3, 0.4) is 0 Å². The van der Waals surface area contributed by atoms with Gasteiger partial charge in [-0.05, 0) is 31.4 Å². The first-order valence-electron chi connectivity index (χ1n) is 10.2. The van der Waals surface area contributed by atoms with Gasteiger partial charge in [0, 0.05) is 47.1 Å². The maximum atomic E-state index is 6.95. The van der Waals surface area contributed by atoms with Crippen LogP contribution in [0.15, 0.2) is 36.7 Å². The quantitative estimate of drug-likeness (QED) is 0.453. The Morgan fingerprint density at radius 1 is 1.28 bits per heavy atom. The van der Waals surface area contributed by atoms with E-state index in [1.807, 2.05) is 24.5 Å². The first-order valence-corrected chi connectivity index (χ1v) is 10.6. The van der Waals surface area contributed by atoms with Crippen molar-refractivity contribution in [1.29, 1.82) is 0 Å². The molecule has 4 aromatic rings. The first-order chi connectivity index (χ1) is 14.1. The summed E-state index contributed by atoms with van der Waals surface area (Å²) in [5.41, 5.74) is 4.70. The normalized spacial score (nSPS) is 17.4. The molecule has 0 spiro atoms. The van der Waals surface area contributed by atoms with E-state index in [0.29, 0.717) is 17.1 Å². The highest BCUT2D eigenvalue weighted by Crippen LogP contribution is 2.36. The van der Waals surface area contributed by atoms with Gasteiger partial charge < -0.3 is 15.6 Å². The maximum Gasteiger partial charge on any atom is 0.181 e. The maximum absolute atomic E-state index is 6.95. The van der Waals surface area contributed by atoms with Crippen LogP contribution in [0.5, 0.6) is 0 Å². The molecule has 4 heterocycles. The number of fused-ring (bicyclic) bond motifs is 2. The van der Waals surface area contributed by atoms with Gasteiger partial charge in [0.15, 0.2) is 11.5 Å². The van der Waals surface area contributed by atoms with Crippen molar-refractivity contribution in [2.24, 2.45) is 0 Å². The fourth-order valence-corrected chi connectivity index (χ4v) is 4.49. The molecule has 6 nitrogen and oxygen atoms in total. The molecule has 0 aliphatic carbocycles. The summed E-state index contributed by atoms with van der Waals surface area (Å²) in [6, 6.07) is 8.55. The Hall–Kier alpha value is -2.57. The Labute approximate surface area is 174 Å². The molecule has 7 heteroatoms. The van der Waals surface area contributed by atoms with Crippen molar-refractivity contribution in [2.45, 2.75) is 38.6 Å². The molecule has 1 saturated heterocycles. The average Bonchev–Trinajstić information content (AvgIpc) is 3.36. The number of nitrogens with one attached hydrogen (secondary N) is 3. The largest absolute Gasteiger partial charge is 0.363 e. The van der Waals surface area contributed by atoms with Crippen molar-refractivity contribution in [3.8, 4) is 11.3 Å². The van der Waals surface area contributed by atoms with Crippen LogP contribution >= 0.6 is 11.6 Å². The zero-order chi connectivity index (χ0) is 20.0. The average molecular weight is 409 g/mol. The summed E-state index contributed by atoms with van der Waals surface area (Å²) in [4.78, 5) is 13.0. The lowest BCUT2D eigenvalue weighted by Gasteiger charge is -2.25. The van der Waals surface area contributed by atoms with E-state index in [1.54, 1.807) is 0 Å². The van der Waals surface area contributed by atoms with Crippen LogP contribution in [0, 0.1) is 0 Å². The molecule has 1 atom stereocenters. The number of rotatable bonds is 4. The Bertz CT molecular complexity index is 1170. The molecule has 5 rings (SSSR count). The van der Waals surface area contributed by atoms with E-state index < -0.39 is 0 Å². The van der Waals surface area contributed by atoms with Crippen molar-refractivity contribution >= 4 is 34.0 Å². The van der Waals surface area contributed by atoms with E-state index >= 15 is 0 Å². The third kappa shape index (κ3) is 3.16. The summed E-state index contributed by atoms with van der Waals surface area (Å²) < 4.78 is 2.05. The van der Waals surface area contributed by atoms with Gasteiger partial charge in [0.1, 0.15) is 10.8 Å². The van der Waals surface area contributed by atoms with Crippen molar-refractivity contribution < 1.29 is 0 Å². The number of imidazole rings is 1. The molecule has 1 aliphatic heterocycles. The van der Waals surface area contributed by atoms with E-state index in [0.717, 1.165) is 65.3 Å². The molecule has 0 unspecified atom stereocenters. The lowest BCUT2D eigenvalue weighted by Crippen LogP contribution is -2.38. The lowest BCUT2D eigenvalue weighted by atomic mass is 10.1. The summed E-state index contributed by atoms with van der Waals surface area (Å²) in [7, 11) is 0. The minimum atomic E-state index is 0.296. The van der Waals surface area contributed by atoms with Gasteiger partial charge in [0.2, 0.25) is 0 Å². The molecule has 150 valence electrons. The molecule has 0 radical (unpaired) electrons. The summed E-state index contributed by atoms with van der Waals surface area (Å²) in [6.07, 6.45) is 6.17. The standard InChI is InChI=1S/C22H25ClN6/c1-13(2)18-12-26-22-21(27-14-6-5-9-24-10-14)28-19(20(23)29(18)22)16-11-25-17-8-4-3-7-15(16)17/h3-4,7-8,11-14,24-25H,5-6,9-10H2,1-2H3,(H,27,28)/t14-/m0/s1. The highest BCUT2D eigenvalue weighted by molar-refractivity contribution is 6.32. The number of aromatic amines is 1. The van der Waals surface area contributed by atoms with E-state index in [4.69, 9.17) is 16.6 Å². The second-order valence-corrected chi connectivity index (χ2v) is 8.39. The molecule has 29 heavy (non-hydrogen) atoms. The molecule has 0 saturated carbocycles. The Morgan fingerprint density at radius 2 is 2.14 bits per heavy atom. The third-order valence-corrected chi connectivity index (χ3v) is 6.04. The number of aromatic nitrogens is 4. The topological polar surface area (TPSA) is 70.0 Å². The van der Waals surface area contributed by atoms with Crippen molar-refractivity contribution in [1.82, 2.24) is 24.7 Å². The second-order valence-electron chi connectivity index (χ2n) is 8.03. The van der Waals surface area contributed by atoms with Gasteiger partial charge in [-0.3, -0.25) is 4.40 Å². The minimum Gasteiger partial charge on any atom is -0.363 e. The smallest absolute Gasteiger partial charge is 0.181 e. The third-order valence-electron chi connectivity index (χ3n) is 5.69. The van der Waals surface area contributed by atoms with E-state index in [1.165, 1.54) is 0 Å². The molecular formula is C22H25ClN6. The minimum absolute atomic E-state index is 0.296. The Balaban J connectivity index is 1.72. The second kappa shape index (κ2) is 7.35. The van der Waals surface area contributed by atoms with Crippen molar-refractivity contribution in [3.63, 3.8) is 0 Å². The zero-order valence-electron chi connectivity index (χ0n) is 16.7. The van der Waals surface area contributed by atoms with Crippen LogP contribution in [0.4, 0.5) is 5.82 Å². The summed E-state index contributed by atoms with van der Waals surface area (Å²) in [6.45, 7) is 6.31. The van der Waals surface area contributed by atoms with Crippen molar-refractivity contribution in [3.05, 3.63) is 47.5 Å². The predicted molar refractivity (Wildman–Crippen MR) is 119 cm³/mol.